The van der Waals surface area contributed by atoms with E-state index in [0.29, 0.717) is 0 Å². The van der Waals surface area contributed by atoms with Crippen LogP contribution in [0.4, 0.5) is 0 Å². The predicted octanol–water partition coefficient (Wildman–Crippen LogP) is 4.83. The van der Waals surface area contributed by atoms with Gasteiger partial charge in [0.15, 0.2) is 0 Å². The molecule has 0 saturated carbocycles. The minimum Gasteiger partial charge on any atom is -0.461 e. The number of nitrogens with one attached hydrogen (secondary N) is 2. The largest absolute Gasteiger partial charge is 0.461 e. The number of furan rings is 2. The van der Waals surface area contributed by atoms with Gasteiger partial charge in [0.2, 0.25) is 0 Å². The molecule has 0 fully saturated rings. The Hall–Kier alpha value is -3.54. The number of rotatable bonds is 8. The standard InChI is InChI=1S/C27H28N4O2/c1(2-4-22-16-20-14-18(6-8-24(20)32-22)26-28-10-11-29-26)3-5-23-17-21-15-19(7-9-25(21)33-23)27-30-12-13-31-27/h6-9,14-17H,1-5,10-13H2,(H,28,29)(H,30,31). The van der Waals surface area contributed by atoms with Gasteiger partial charge in [-0.2, -0.15) is 0 Å². The molecule has 0 saturated heterocycles. The fourth-order valence-corrected chi connectivity index (χ4v) is 4.70. The molecule has 2 aromatic heterocycles. The van der Waals surface area contributed by atoms with Gasteiger partial charge in [-0.3, -0.25) is 9.98 Å². The van der Waals surface area contributed by atoms with Gasteiger partial charge in [-0.15, -0.1) is 0 Å². The number of fused-ring (bicyclic) bond motifs is 2. The zero-order valence-corrected chi connectivity index (χ0v) is 18.7. The second kappa shape index (κ2) is 8.77. The zero-order valence-electron chi connectivity index (χ0n) is 18.7. The number of benzene rings is 2. The first-order valence-corrected chi connectivity index (χ1v) is 11.9. The summed E-state index contributed by atoms with van der Waals surface area (Å²) in [4.78, 5) is 9.02. The lowest BCUT2D eigenvalue weighted by molar-refractivity contribution is 0.509. The Kier molecular flexibility index (Phi) is 5.34. The van der Waals surface area contributed by atoms with E-state index in [1.54, 1.807) is 0 Å². The second-order valence-corrected chi connectivity index (χ2v) is 8.81. The summed E-state index contributed by atoms with van der Waals surface area (Å²) in [6, 6.07) is 17.0. The predicted molar refractivity (Wildman–Crippen MR) is 133 cm³/mol. The van der Waals surface area contributed by atoms with E-state index in [1.165, 1.54) is 0 Å². The molecule has 2 N–H and O–H groups in total. The first-order chi connectivity index (χ1) is 16.3. The highest BCUT2D eigenvalue weighted by atomic mass is 16.3. The molecule has 4 aromatic rings. The van der Waals surface area contributed by atoms with E-state index >= 15 is 0 Å². The number of aliphatic imine (C=N–C) groups is 2. The van der Waals surface area contributed by atoms with Crippen molar-refractivity contribution in [1.29, 1.82) is 0 Å². The van der Waals surface area contributed by atoms with Crippen molar-refractivity contribution < 1.29 is 8.83 Å². The minimum absolute atomic E-state index is 0.853. The molecule has 6 rings (SSSR count). The summed E-state index contributed by atoms with van der Waals surface area (Å²) in [6.07, 6.45) is 5.28. The molecule has 0 unspecified atom stereocenters. The van der Waals surface area contributed by atoms with Gasteiger partial charge in [0.25, 0.3) is 0 Å². The Morgan fingerprint density at radius 3 is 1.61 bits per heavy atom. The highest BCUT2D eigenvalue weighted by Gasteiger charge is 2.12. The van der Waals surface area contributed by atoms with Crippen LogP contribution in [-0.2, 0) is 12.8 Å². The van der Waals surface area contributed by atoms with Crippen molar-refractivity contribution in [1.82, 2.24) is 10.6 Å². The summed E-state index contributed by atoms with van der Waals surface area (Å²) in [6.45, 7) is 3.55. The Bertz CT molecular complexity index is 1260. The molecule has 0 amide bonds. The molecule has 168 valence electrons. The summed E-state index contributed by atoms with van der Waals surface area (Å²) in [7, 11) is 0. The van der Waals surface area contributed by atoms with Crippen molar-refractivity contribution in [2.45, 2.75) is 32.1 Å². The van der Waals surface area contributed by atoms with Gasteiger partial charge in [0, 0.05) is 47.8 Å². The van der Waals surface area contributed by atoms with Crippen LogP contribution in [-0.4, -0.2) is 37.9 Å². The molecule has 0 atom stereocenters. The summed E-state index contributed by atoms with van der Waals surface area (Å²) in [5, 5.41) is 8.97. The molecule has 6 heteroatoms. The van der Waals surface area contributed by atoms with Gasteiger partial charge in [-0.25, -0.2) is 0 Å². The van der Waals surface area contributed by atoms with Crippen molar-refractivity contribution in [3.63, 3.8) is 0 Å². The van der Waals surface area contributed by atoms with E-state index in [1.807, 2.05) is 0 Å². The minimum atomic E-state index is 0.853. The molecule has 2 aromatic carbocycles. The van der Waals surface area contributed by atoms with Crippen LogP contribution in [0, 0.1) is 0 Å². The normalized spacial score (nSPS) is 15.6. The highest BCUT2D eigenvalue weighted by Crippen LogP contribution is 2.25. The summed E-state index contributed by atoms with van der Waals surface area (Å²) >= 11 is 0. The number of aryl methyl sites for hydroxylation is 2. The monoisotopic (exact) mass is 440 g/mol. The maximum atomic E-state index is 6.05. The molecule has 6 nitrogen and oxygen atoms in total. The lowest BCUT2D eigenvalue weighted by Crippen LogP contribution is -2.19. The summed E-state index contributed by atoms with van der Waals surface area (Å²) in [5.74, 6) is 4.10. The molecule has 0 spiro atoms. The van der Waals surface area contributed by atoms with Crippen LogP contribution in [0.3, 0.4) is 0 Å². The van der Waals surface area contributed by atoms with Gasteiger partial charge in [-0.1, -0.05) is 6.42 Å². The Balaban J connectivity index is 1.02. The molecule has 4 heterocycles. The first-order valence-electron chi connectivity index (χ1n) is 11.9. The maximum Gasteiger partial charge on any atom is 0.134 e. The van der Waals surface area contributed by atoms with Crippen LogP contribution in [0.25, 0.3) is 21.9 Å². The van der Waals surface area contributed by atoms with E-state index in [9.17, 15) is 0 Å². The Morgan fingerprint density at radius 1 is 0.636 bits per heavy atom. The number of amidine groups is 2. The molecular formula is C27H28N4O2. The molecule has 0 radical (unpaired) electrons. The zero-order chi connectivity index (χ0) is 22.0. The highest BCUT2D eigenvalue weighted by molar-refractivity contribution is 6.03. The topological polar surface area (TPSA) is 75.1 Å². The van der Waals surface area contributed by atoms with Crippen LogP contribution in [0.1, 0.15) is 41.9 Å². The Labute approximate surface area is 192 Å². The van der Waals surface area contributed by atoms with Crippen LogP contribution >= 0.6 is 0 Å². The van der Waals surface area contributed by atoms with E-state index in [2.05, 4.69) is 69.1 Å². The fraction of sp³-hybridized carbons (Fsp3) is 0.333. The van der Waals surface area contributed by atoms with Gasteiger partial charge >= 0.3 is 0 Å². The number of unbranched alkanes of at least 4 members (excludes halogenated alkanes) is 2. The summed E-state index contributed by atoms with van der Waals surface area (Å²) in [5.41, 5.74) is 4.18. The van der Waals surface area contributed by atoms with Gasteiger partial charge in [0.05, 0.1) is 13.1 Å². The van der Waals surface area contributed by atoms with E-state index in [4.69, 9.17) is 8.83 Å². The van der Waals surface area contributed by atoms with Gasteiger partial charge in [0.1, 0.15) is 34.4 Å². The van der Waals surface area contributed by atoms with Crippen LogP contribution < -0.4 is 10.6 Å². The fourth-order valence-electron chi connectivity index (χ4n) is 4.70. The van der Waals surface area contributed by atoms with Crippen molar-refractivity contribution in [2.75, 3.05) is 26.2 Å². The Morgan fingerprint density at radius 2 is 1.15 bits per heavy atom. The number of hydrogen-bond donors (Lipinski definition) is 2. The van der Waals surface area contributed by atoms with Crippen molar-refractivity contribution in [3.05, 3.63) is 71.2 Å². The quantitative estimate of drug-likeness (QED) is 0.385. The van der Waals surface area contributed by atoms with Crippen LogP contribution in [0.5, 0.6) is 0 Å². The third-order valence-corrected chi connectivity index (χ3v) is 6.38. The van der Waals surface area contributed by atoms with Crippen molar-refractivity contribution >= 4 is 33.6 Å². The first kappa shape index (κ1) is 20.1. The van der Waals surface area contributed by atoms with Crippen LogP contribution in [0.15, 0.2) is 67.4 Å². The van der Waals surface area contributed by atoms with Crippen LogP contribution in [0.2, 0.25) is 0 Å². The third-order valence-electron chi connectivity index (χ3n) is 6.38. The lowest BCUT2D eigenvalue weighted by atomic mass is 10.1. The van der Waals surface area contributed by atoms with Crippen molar-refractivity contribution in [2.24, 2.45) is 9.98 Å². The molecule has 0 aliphatic carbocycles. The smallest absolute Gasteiger partial charge is 0.134 e. The van der Waals surface area contributed by atoms with E-state index in [0.717, 1.165) is 115 Å². The molecule has 33 heavy (non-hydrogen) atoms. The van der Waals surface area contributed by atoms with E-state index in [-0.39, 0.29) is 0 Å². The SMILES string of the molecule is c1cc2oc(CCCCCc3cc4cc(C5=NCCN5)ccc4o3)cc2cc1C1=NCCN1. The molecule has 2 aliphatic heterocycles. The van der Waals surface area contributed by atoms with Gasteiger partial charge in [-0.05, 0) is 61.4 Å². The molecule has 0 bridgehead atoms. The average Bonchev–Trinajstić information content (AvgIpc) is 3.64. The third kappa shape index (κ3) is 4.25. The van der Waals surface area contributed by atoms with Gasteiger partial charge < -0.3 is 19.5 Å². The molecular weight excluding hydrogens is 412 g/mol. The van der Waals surface area contributed by atoms with E-state index < -0.39 is 0 Å². The maximum absolute atomic E-state index is 6.05. The molecule has 2 aliphatic rings. The number of nitrogens with zero attached hydrogens (tertiary/aromatic N) is 2. The number of hydrogen-bond acceptors (Lipinski definition) is 6. The average molecular weight is 441 g/mol. The second-order valence-electron chi connectivity index (χ2n) is 8.81. The lowest BCUT2D eigenvalue weighted by Gasteiger charge is -2.01. The van der Waals surface area contributed by atoms with Crippen molar-refractivity contribution in [3.8, 4) is 0 Å². The summed E-state index contributed by atoms with van der Waals surface area (Å²) < 4.78 is 12.1.